The molecule has 0 unspecified atom stereocenters. The molecular formula is C40H55F2N5O5S. The van der Waals surface area contributed by atoms with E-state index in [-0.39, 0.29) is 34.9 Å². The minimum Gasteiger partial charge on any atom is -0.453 e. The number of nitrogens with zero attached hydrogens (tertiary/aromatic N) is 3. The van der Waals surface area contributed by atoms with Crippen LogP contribution in [0.4, 0.5) is 19.3 Å². The predicted octanol–water partition coefficient (Wildman–Crippen LogP) is 5.05. The number of carbonyl (C=O) groups is 2. The lowest BCUT2D eigenvalue weighted by Crippen LogP contribution is -2.58. The standard InChI is InChI=1S/C40H55F2N5O5S/c1-27(48)43-26-40(31-6-3-7-32(41)19-31,36-10-5-11-37(36)44-39(49)52-2)30-14-16-45(17-15-30)20-28-21-47(22-28)34-12-13-38(53(50,51)35-8-4-9-35)29(18-34)23-46-24-33(42)25-46/h3,6-7,12-13,18-19,28,30,33,35-37H,4-5,8-11,14-17,20-26H2,1-2H3,(H,43,48)(H,44,49)/t36-,37-,40-/m0/s1. The monoisotopic (exact) mass is 755 g/mol. The van der Waals surface area contributed by atoms with E-state index in [2.05, 4.69) is 20.4 Å². The highest BCUT2D eigenvalue weighted by atomic mass is 32.2. The van der Waals surface area contributed by atoms with Crippen LogP contribution in [0.15, 0.2) is 47.4 Å². The molecule has 0 bridgehead atoms. The maximum atomic E-state index is 14.9. The summed E-state index contributed by atoms with van der Waals surface area (Å²) in [4.78, 5) is 32.0. The van der Waals surface area contributed by atoms with Crippen LogP contribution in [-0.4, -0.2) is 107 Å². The van der Waals surface area contributed by atoms with Crippen molar-refractivity contribution in [3.8, 4) is 0 Å². The van der Waals surface area contributed by atoms with E-state index in [9.17, 15) is 26.8 Å². The first-order valence-corrected chi connectivity index (χ1v) is 21.1. The molecule has 3 heterocycles. The number of alkyl halides is 1. The van der Waals surface area contributed by atoms with E-state index in [1.807, 2.05) is 23.1 Å². The first kappa shape index (κ1) is 38.0. The van der Waals surface area contributed by atoms with Gasteiger partial charge in [0.1, 0.15) is 12.0 Å². The van der Waals surface area contributed by atoms with Gasteiger partial charge in [-0.15, -0.1) is 0 Å². The summed E-state index contributed by atoms with van der Waals surface area (Å²) in [6, 6.07) is 12.4. The van der Waals surface area contributed by atoms with Crippen LogP contribution in [0.3, 0.4) is 0 Å². The molecule has 0 aromatic heterocycles. The van der Waals surface area contributed by atoms with Crippen LogP contribution < -0.4 is 15.5 Å². The fourth-order valence-electron chi connectivity index (χ4n) is 9.93. The largest absolute Gasteiger partial charge is 0.453 e. The number of methoxy groups -OCH3 is 1. The summed E-state index contributed by atoms with van der Waals surface area (Å²) in [7, 11) is -2.04. The van der Waals surface area contributed by atoms with Gasteiger partial charge in [0.2, 0.25) is 5.91 Å². The van der Waals surface area contributed by atoms with E-state index >= 15 is 0 Å². The number of anilines is 1. The third kappa shape index (κ3) is 7.94. The molecule has 2 aromatic carbocycles. The Morgan fingerprint density at radius 1 is 0.943 bits per heavy atom. The molecule has 3 aliphatic heterocycles. The number of amides is 2. The van der Waals surface area contributed by atoms with E-state index in [1.54, 1.807) is 18.2 Å². The third-order valence-corrected chi connectivity index (χ3v) is 15.3. The van der Waals surface area contributed by atoms with Gasteiger partial charge in [-0.1, -0.05) is 25.0 Å². The van der Waals surface area contributed by atoms with Crippen molar-refractivity contribution in [1.29, 1.82) is 0 Å². The number of sulfone groups is 1. The summed E-state index contributed by atoms with van der Waals surface area (Å²) in [6.07, 6.45) is 5.37. The van der Waals surface area contributed by atoms with Crippen LogP contribution >= 0.6 is 0 Å². The summed E-state index contributed by atoms with van der Waals surface area (Å²) in [5, 5.41) is 5.88. The number of hydrogen-bond acceptors (Lipinski definition) is 8. The normalized spacial score (nSPS) is 24.9. The Hall–Kier alpha value is -3.29. The van der Waals surface area contributed by atoms with E-state index in [0.717, 1.165) is 88.1 Å². The molecule has 10 nitrogen and oxygen atoms in total. The first-order valence-electron chi connectivity index (χ1n) is 19.5. The van der Waals surface area contributed by atoms with Gasteiger partial charge in [-0.05, 0) is 105 Å². The SMILES string of the molecule is COC(=O)N[C@H]1CCC[C@@H]1[C@](CNC(C)=O)(c1cccc(F)c1)C1CCN(CC2CN(c3ccc(S(=O)(=O)C4CCC4)c(CN4CC(F)C4)c3)C2)CC1. The van der Waals surface area contributed by atoms with Crippen molar-refractivity contribution in [3.05, 3.63) is 59.4 Å². The number of likely N-dealkylation sites (tertiary alicyclic amines) is 2. The van der Waals surface area contributed by atoms with Crippen molar-refractivity contribution in [2.75, 3.05) is 64.4 Å². The Kier molecular flexibility index (Phi) is 11.3. The number of halogens is 2. The van der Waals surface area contributed by atoms with Gasteiger partial charge in [-0.25, -0.2) is 22.0 Å². The fraction of sp³-hybridized carbons (Fsp3) is 0.650. The fourth-order valence-corrected chi connectivity index (χ4v) is 12.0. The second-order valence-corrected chi connectivity index (χ2v) is 18.5. The summed E-state index contributed by atoms with van der Waals surface area (Å²) in [5.41, 5.74) is 2.09. The number of alkyl carbamates (subject to hydrolysis) is 1. The van der Waals surface area contributed by atoms with Crippen LogP contribution in [-0.2, 0) is 31.3 Å². The Bertz CT molecular complexity index is 1740. The molecule has 2 aromatic rings. The van der Waals surface area contributed by atoms with Crippen molar-refractivity contribution in [2.45, 2.75) is 92.6 Å². The number of rotatable bonds is 13. The third-order valence-electron chi connectivity index (χ3n) is 13.0. The minimum absolute atomic E-state index is 0.00790. The smallest absolute Gasteiger partial charge is 0.407 e. The molecule has 290 valence electrons. The topological polar surface area (TPSA) is 111 Å². The van der Waals surface area contributed by atoms with E-state index in [0.29, 0.717) is 49.8 Å². The average molecular weight is 756 g/mol. The highest BCUT2D eigenvalue weighted by Gasteiger charge is 2.52. The van der Waals surface area contributed by atoms with E-state index < -0.39 is 27.5 Å². The lowest BCUT2D eigenvalue weighted by Gasteiger charge is -2.51. The molecule has 2 N–H and O–H groups in total. The van der Waals surface area contributed by atoms with Gasteiger partial charge in [0, 0.05) is 75.8 Å². The second kappa shape index (κ2) is 15.8. The average Bonchev–Trinajstić information content (AvgIpc) is 3.53. The quantitative estimate of drug-likeness (QED) is 0.293. The van der Waals surface area contributed by atoms with Gasteiger partial charge in [-0.2, -0.15) is 0 Å². The summed E-state index contributed by atoms with van der Waals surface area (Å²) in [6.45, 7) is 7.48. The molecule has 13 heteroatoms. The summed E-state index contributed by atoms with van der Waals surface area (Å²) >= 11 is 0. The number of benzene rings is 2. The zero-order valence-electron chi connectivity index (χ0n) is 31.1. The Morgan fingerprint density at radius 3 is 2.32 bits per heavy atom. The van der Waals surface area contributed by atoms with Gasteiger partial charge in [0.15, 0.2) is 9.84 Å². The molecule has 2 amide bonds. The molecule has 0 radical (unpaired) electrons. The highest BCUT2D eigenvalue weighted by Crippen LogP contribution is 2.50. The number of ether oxygens (including phenoxy) is 1. The van der Waals surface area contributed by atoms with Gasteiger partial charge < -0.3 is 25.2 Å². The van der Waals surface area contributed by atoms with Crippen LogP contribution in [0, 0.1) is 23.6 Å². The Balaban J connectivity index is 1.03. The molecule has 5 aliphatic rings. The summed E-state index contributed by atoms with van der Waals surface area (Å²) in [5.74, 6) is 0.165. The molecular weight excluding hydrogens is 701 g/mol. The first-order chi connectivity index (χ1) is 25.5. The van der Waals surface area contributed by atoms with Crippen LogP contribution in [0.1, 0.15) is 69.4 Å². The van der Waals surface area contributed by atoms with Crippen LogP contribution in [0.25, 0.3) is 0 Å². The number of nitrogens with one attached hydrogen (secondary N) is 2. The molecule has 2 saturated carbocycles. The van der Waals surface area contributed by atoms with Crippen molar-refractivity contribution < 1.29 is 31.5 Å². The van der Waals surface area contributed by atoms with Crippen LogP contribution in [0.5, 0.6) is 0 Å². The van der Waals surface area contributed by atoms with Crippen molar-refractivity contribution in [3.63, 3.8) is 0 Å². The maximum Gasteiger partial charge on any atom is 0.407 e. The van der Waals surface area contributed by atoms with Gasteiger partial charge in [-0.3, -0.25) is 9.69 Å². The molecule has 3 atom stereocenters. The lowest BCUT2D eigenvalue weighted by molar-refractivity contribution is -0.119. The van der Waals surface area contributed by atoms with Crippen molar-refractivity contribution in [1.82, 2.24) is 20.4 Å². The van der Waals surface area contributed by atoms with E-state index in [4.69, 9.17) is 4.74 Å². The predicted molar refractivity (Wildman–Crippen MR) is 200 cm³/mol. The molecule has 5 fully saturated rings. The van der Waals surface area contributed by atoms with Crippen LogP contribution in [0.2, 0.25) is 0 Å². The second-order valence-electron chi connectivity index (χ2n) is 16.3. The minimum atomic E-state index is -3.40. The van der Waals surface area contributed by atoms with Crippen molar-refractivity contribution in [2.24, 2.45) is 17.8 Å². The molecule has 7 rings (SSSR count). The van der Waals surface area contributed by atoms with Gasteiger partial charge >= 0.3 is 6.09 Å². The highest BCUT2D eigenvalue weighted by molar-refractivity contribution is 7.92. The number of carbonyl (C=O) groups excluding carboxylic acids is 2. The maximum absolute atomic E-state index is 14.9. The number of hydrogen-bond donors (Lipinski definition) is 2. The van der Waals surface area contributed by atoms with Gasteiger partial charge in [0.05, 0.1) is 17.3 Å². The van der Waals surface area contributed by atoms with E-state index in [1.165, 1.54) is 20.1 Å². The Morgan fingerprint density at radius 2 is 1.68 bits per heavy atom. The molecule has 53 heavy (non-hydrogen) atoms. The van der Waals surface area contributed by atoms with Gasteiger partial charge in [0.25, 0.3) is 0 Å². The lowest BCUT2D eigenvalue weighted by atomic mass is 9.58. The molecule has 0 spiro atoms. The molecule has 3 saturated heterocycles. The zero-order chi connectivity index (χ0) is 37.3. The Labute approximate surface area is 312 Å². The molecule has 2 aliphatic carbocycles. The zero-order valence-corrected chi connectivity index (χ0v) is 31.9. The van der Waals surface area contributed by atoms with Crippen molar-refractivity contribution >= 4 is 27.5 Å². The summed E-state index contributed by atoms with van der Waals surface area (Å²) < 4.78 is 60.5. The number of piperidine rings is 1.